The van der Waals surface area contributed by atoms with E-state index in [0.29, 0.717) is 43.7 Å². The molecule has 0 aliphatic carbocycles. The molecule has 2 aromatic rings. The largest absolute Gasteiger partial charge is 0.506 e. The van der Waals surface area contributed by atoms with Crippen molar-refractivity contribution in [1.82, 2.24) is 10.0 Å². The van der Waals surface area contributed by atoms with Crippen LogP contribution in [0.15, 0.2) is 59.4 Å². The summed E-state index contributed by atoms with van der Waals surface area (Å²) in [7, 11) is -7.39. The van der Waals surface area contributed by atoms with Gasteiger partial charge in [-0.05, 0) is 49.1 Å². The molecule has 3 rings (SSSR count). The van der Waals surface area contributed by atoms with E-state index >= 15 is 0 Å². The topological polar surface area (TPSA) is 162 Å². The van der Waals surface area contributed by atoms with Crippen molar-refractivity contribution in [3.05, 3.63) is 60.1 Å². The van der Waals surface area contributed by atoms with Crippen molar-refractivity contribution in [2.75, 3.05) is 23.7 Å². The lowest BCUT2D eigenvalue weighted by atomic mass is 10.1. The second-order valence-electron chi connectivity index (χ2n) is 7.86. The number of benzene rings is 2. The highest BCUT2D eigenvalue weighted by atomic mass is 32.2. The normalized spacial score (nSPS) is 14.8. The lowest BCUT2D eigenvalue weighted by Crippen LogP contribution is -2.29. The molecule has 1 heterocycles. The fourth-order valence-electron chi connectivity index (χ4n) is 3.36. The van der Waals surface area contributed by atoms with E-state index in [0.717, 1.165) is 16.8 Å². The summed E-state index contributed by atoms with van der Waals surface area (Å²) in [5.41, 5.74) is 0.605. The van der Waals surface area contributed by atoms with E-state index in [1.54, 1.807) is 24.3 Å². The van der Waals surface area contributed by atoms with Crippen LogP contribution in [-0.2, 0) is 31.3 Å². The highest BCUT2D eigenvalue weighted by molar-refractivity contribution is 7.91. The molecule has 0 atom stereocenters. The van der Waals surface area contributed by atoms with Gasteiger partial charge in [0.1, 0.15) is 22.1 Å². The number of sulfone groups is 1. The van der Waals surface area contributed by atoms with E-state index in [4.69, 9.17) is 4.74 Å². The Morgan fingerprint density at radius 1 is 1.14 bits per heavy atom. The zero-order valence-electron chi connectivity index (χ0n) is 19.0. The number of ether oxygens (including phenoxy) is 1. The van der Waals surface area contributed by atoms with E-state index in [1.165, 1.54) is 18.2 Å². The molecule has 11 nitrogen and oxygen atoms in total. The van der Waals surface area contributed by atoms with Crippen LogP contribution in [0.3, 0.4) is 0 Å². The van der Waals surface area contributed by atoms with Gasteiger partial charge in [0, 0.05) is 19.2 Å². The molecule has 0 unspecified atom stereocenters. The Hall–Kier alpha value is -3.45. The minimum atomic E-state index is -4.01. The highest BCUT2D eigenvalue weighted by Crippen LogP contribution is 2.32. The number of nitrogens with zero attached hydrogens (tertiary/aromatic N) is 1. The zero-order chi connectivity index (χ0) is 25.6. The fraction of sp³-hybridized carbons (Fsp3) is 0.318. The zero-order valence-corrected chi connectivity index (χ0v) is 20.6. The Morgan fingerprint density at radius 2 is 1.89 bits per heavy atom. The third-order valence-electron chi connectivity index (χ3n) is 5.05. The molecule has 2 aromatic carbocycles. The standard InChI is InChI=1S/C22H27N3O8S2/c1-34(29,30)20-7-3-2-6-19(20)33-13-5-4-12-23-21(27)11-9-16-8-10-17(18(26)14-16)25-15-22(28)24-35(25,31)32/h2-3,6-8,10,14-15,24,26,28H,4-5,9,11-13H2,1H3,(H,23,27). The number of phenols is 1. The second kappa shape index (κ2) is 10.9. The van der Waals surface area contributed by atoms with Crippen LogP contribution >= 0.6 is 0 Å². The number of aryl methyl sites for hydroxylation is 1. The molecule has 0 fully saturated rings. The molecule has 190 valence electrons. The minimum Gasteiger partial charge on any atom is -0.506 e. The molecular formula is C22H27N3O8S2. The van der Waals surface area contributed by atoms with Gasteiger partial charge in [-0.2, -0.15) is 8.42 Å². The third-order valence-corrected chi connectivity index (χ3v) is 7.47. The smallest absolute Gasteiger partial charge is 0.330 e. The van der Waals surface area contributed by atoms with E-state index in [9.17, 15) is 31.8 Å². The van der Waals surface area contributed by atoms with Crippen molar-refractivity contribution in [3.8, 4) is 11.5 Å². The number of unbranched alkanes of at least 4 members (excludes halogenated alkanes) is 1. The van der Waals surface area contributed by atoms with Gasteiger partial charge in [-0.1, -0.05) is 18.2 Å². The number of aliphatic hydroxyl groups excluding tert-OH is 1. The predicted octanol–water partition coefficient (Wildman–Crippen LogP) is 1.71. The number of phenolic OH excluding ortho intramolecular Hbond substituents is 1. The van der Waals surface area contributed by atoms with Crippen LogP contribution in [0, 0.1) is 0 Å². The van der Waals surface area contributed by atoms with Crippen molar-refractivity contribution in [1.29, 1.82) is 0 Å². The number of para-hydroxylation sites is 1. The molecule has 0 saturated heterocycles. The molecule has 1 amide bonds. The first-order valence-corrected chi connectivity index (χ1v) is 14.0. The van der Waals surface area contributed by atoms with E-state index in [-0.39, 0.29) is 28.7 Å². The number of rotatable bonds is 11. The maximum Gasteiger partial charge on any atom is 0.330 e. The Morgan fingerprint density at radius 3 is 2.54 bits per heavy atom. The summed E-state index contributed by atoms with van der Waals surface area (Å²) in [5, 5.41) is 22.4. The molecule has 1 aliphatic heterocycles. The van der Waals surface area contributed by atoms with Crippen LogP contribution in [0.5, 0.6) is 11.5 Å². The average Bonchev–Trinajstić information content (AvgIpc) is 3.06. The van der Waals surface area contributed by atoms with E-state index < -0.39 is 25.9 Å². The van der Waals surface area contributed by atoms with Gasteiger partial charge in [0.25, 0.3) is 0 Å². The summed E-state index contributed by atoms with van der Waals surface area (Å²) in [5.74, 6) is -0.747. The van der Waals surface area contributed by atoms with Gasteiger partial charge in [-0.15, -0.1) is 0 Å². The lowest BCUT2D eigenvalue weighted by molar-refractivity contribution is -0.121. The van der Waals surface area contributed by atoms with Crippen molar-refractivity contribution in [2.24, 2.45) is 0 Å². The molecule has 0 bridgehead atoms. The maximum absolute atomic E-state index is 12.1. The molecule has 0 radical (unpaired) electrons. The van der Waals surface area contributed by atoms with Crippen molar-refractivity contribution >= 4 is 31.6 Å². The Bertz CT molecular complexity index is 1320. The first-order valence-electron chi connectivity index (χ1n) is 10.7. The predicted molar refractivity (Wildman–Crippen MR) is 129 cm³/mol. The number of aromatic hydroxyl groups is 1. The van der Waals surface area contributed by atoms with Gasteiger partial charge >= 0.3 is 10.2 Å². The van der Waals surface area contributed by atoms with Crippen LogP contribution in [0.2, 0.25) is 0 Å². The van der Waals surface area contributed by atoms with Gasteiger partial charge in [0.15, 0.2) is 9.84 Å². The number of amides is 1. The van der Waals surface area contributed by atoms with Gasteiger partial charge in [-0.3, -0.25) is 4.79 Å². The minimum absolute atomic E-state index is 0.0314. The summed E-state index contributed by atoms with van der Waals surface area (Å²) in [6.07, 6.45) is 3.82. The van der Waals surface area contributed by atoms with Crippen molar-refractivity contribution in [2.45, 2.75) is 30.6 Å². The molecule has 0 aromatic heterocycles. The van der Waals surface area contributed by atoms with Gasteiger partial charge in [-0.25, -0.2) is 17.4 Å². The number of hydrogen-bond donors (Lipinski definition) is 4. The Balaban J connectivity index is 1.39. The van der Waals surface area contributed by atoms with Gasteiger partial charge < -0.3 is 20.3 Å². The monoisotopic (exact) mass is 525 g/mol. The number of hydrogen-bond acceptors (Lipinski definition) is 8. The molecule has 1 aliphatic rings. The Labute approximate surface area is 204 Å². The molecule has 4 N–H and O–H groups in total. The quantitative estimate of drug-likeness (QED) is 0.322. The van der Waals surface area contributed by atoms with Gasteiger partial charge in [0.05, 0.1) is 12.8 Å². The van der Waals surface area contributed by atoms with E-state index in [2.05, 4.69) is 5.32 Å². The SMILES string of the molecule is CS(=O)(=O)c1ccccc1OCCCCNC(=O)CCc1ccc(N2C=C(O)NS2(=O)=O)c(O)c1. The summed E-state index contributed by atoms with van der Waals surface area (Å²) < 4.78 is 55.6. The maximum atomic E-state index is 12.1. The van der Waals surface area contributed by atoms with Crippen LogP contribution < -0.4 is 19.1 Å². The number of anilines is 1. The lowest BCUT2D eigenvalue weighted by Gasteiger charge is -2.16. The number of carbonyl (C=O) groups excluding carboxylic acids is 1. The molecule has 13 heteroatoms. The Kier molecular flexibility index (Phi) is 8.12. The van der Waals surface area contributed by atoms with Crippen molar-refractivity contribution in [3.63, 3.8) is 0 Å². The number of aliphatic hydroxyl groups is 1. The second-order valence-corrected chi connectivity index (χ2v) is 11.4. The summed E-state index contributed by atoms with van der Waals surface area (Å²) in [6.45, 7) is 0.735. The molecular weight excluding hydrogens is 498 g/mol. The molecule has 0 saturated carbocycles. The summed E-state index contributed by atoms with van der Waals surface area (Å²) >= 11 is 0. The summed E-state index contributed by atoms with van der Waals surface area (Å²) in [6, 6.07) is 10.8. The summed E-state index contributed by atoms with van der Waals surface area (Å²) in [4.78, 5) is 12.2. The number of nitrogens with one attached hydrogen (secondary N) is 2. The van der Waals surface area contributed by atoms with Crippen LogP contribution in [0.1, 0.15) is 24.8 Å². The van der Waals surface area contributed by atoms with Crippen LogP contribution in [0.4, 0.5) is 5.69 Å². The molecule has 35 heavy (non-hydrogen) atoms. The first kappa shape index (κ1) is 26.2. The third kappa shape index (κ3) is 7.02. The van der Waals surface area contributed by atoms with Gasteiger partial charge in [0.2, 0.25) is 11.8 Å². The average molecular weight is 526 g/mol. The van der Waals surface area contributed by atoms with Crippen LogP contribution in [0.25, 0.3) is 0 Å². The van der Waals surface area contributed by atoms with Crippen LogP contribution in [-0.4, -0.2) is 52.4 Å². The molecule has 0 spiro atoms. The number of carbonyl (C=O) groups is 1. The first-order chi connectivity index (χ1) is 16.5. The van der Waals surface area contributed by atoms with Crippen molar-refractivity contribution < 1.29 is 36.6 Å². The highest BCUT2D eigenvalue weighted by Gasteiger charge is 2.30. The fourth-order valence-corrected chi connectivity index (χ4v) is 5.24. The van der Waals surface area contributed by atoms with E-state index in [1.807, 2.05) is 4.72 Å².